The number of nitrogens with zero attached hydrogens (tertiary/aromatic N) is 1. The highest BCUT2D eigenvalue weighted by Gasteiger charge is 2.20. The predicted molar refractivity (Wildman–Crippen MR) is 245 cm³/mol. The molecule has 0 saturated heterocycles. The lowest BCUT2D eigenvalue weighted by molar-refractivity contribution is 0.669. The number of hydrogen-bond acceptors (Lipinski definition) is 3. The first-order valence-electron chi connectivity index (χ1n) is 19.4. The van der Waals surface area contributed by atoms with E-state index in [1.54, 1.807) is 0 Å². The molecule has 0 atom stereocenters. The molecule has 0 N–H and O–H groups in total. The van der Waals surface area contributed by atoms with Crippen LogP contribution in [0.1, 0.15) is 0 Å². The Morgan fingerprint density at radius 3 is 1.96 bits per heavy atom. The summed E-state index contributed by atoms with van der Waals surface area (Å²) in [7, 11) is 0. The first-order valence-corrected chi connectivity index (χ1v) is 20.2. The molecule has 12 aromatic rings. The van der Waals surface area contributed by atoms with Crippen LogP contribution in [0.25, 0.3) is 96.7 Å². The van der Waals surface area contributed by atoms with Gasteiger partial charge in [0.25, 0.3) is 0 Å². The van der Waals surface area contributed by atoms with Crippen LogP contribution in [-0.4, -0.2) is 0 Å². The Hall–Kier alpha value is -7.20. The first kappa shape index (κ1) is 32.1. The Balaban J connectivity index is 1.09. The Labute approximate surface area is 333 Å². The van der Waals surface area contributed by atoms with E-state index in [1.807, 2.05) is 23.5 Å². The van der Waals surface area contributed by atoms with Crippen molar-refractivity contribution in [3.63, 3.8) is 0 Å². The maximum absolute atomic E-state index is 6.36. The van der Waals surface area contributed by atoms with Gasteiger partial charge in [-0.05, 0) is 116 Å². The second-order valence-corrected chi connectivity index (χ2v) is 15.9. The monoisotopic (exact) mass is 743 g/mol. The molecule has 2 nitrogen and oxygen atoms in total. The van der Waals surface area contributed by atoms with Crippen LogP contribution in [0, 0.1) is 0 Å². The van der Waals surface area contributed by atoms with Crippen molar-refractivity contribution in [1.82, 2.24) is 0 Å². The van der Waals surface area contributed by atoms with Crippen molar-refractivity contribution in [2.24, 2.45) is 0 Å². The van der Waals surface area contributed by atoms with E-state index in [9.17, 15) is 0 Å². The van der Waals surface area contributed by atoms with Gasteiger partial charge in [0.05, 0.1) is 5.69 Å². The van der Waals surface area contributed by atoms with Crippen LogP contribution in [0.15, 0.2) is 205 Å². The van der Waals surface area contributed by atoms with E-state index in [1.165, 1.54) is 69.2 Å². The highest BCUT2D eigenvalue weighted by molar-refractivity contribution is 7.26. The molecule has 0 unspecified atom stereocenters. The van der Waals surface area contributed by atoms with E-state index >= 15 is 0 Å². The number of anilines is 3. The molecule has 0 radical (unpaired) electrons. The van der Waals surface area contributed by atoms with Gasteiger partial charge in [0, 0.05) is 47.7 Å². The van der Waals surface area contributed by atoms with Crippen LogP contribution in [-0.2, 0) is 0 Å². The summed E-state index contributed by atoms with van der Waals surface area (Å²) < 4.78 is 8.90. The zero-order valence-electron chi connectivity index (χ0n) is 30.8. The lowest BCUT2D eigenvalue weighted by Crippen LogP contribution is -2.10. The topological polar surface area (TPSA) is 16.4 Å². The Bertz CT molecular complexity index is 3530. The van der Waals surface area contributed by atoms with Crippen molar-refractivity contribution in [3.8, 4) is 22.3 Å². The number of thiophene rings is 1. The van der Waals surface area contributed by atoms with Crippen LogP contribution in [0.5, 0.6) is 0 Å². The maximum atomic E-state index is 6.36. The van der Waals surface area contributed by atoms with Crippen LogP contribution in [0.3, 0.4) is 0 Å². The van der Waals surface area contributed by atoms with Crippen molar-refractivity contribution in [1.29, 1.82) is 0 Å². The third kappa shape index (κ3) is 5.10. The van der Waals surface area contributed by atoms with Gasteiger partial charge in [0.1, 0.15) is 11.2 Å². The molecule has 57 heavy (non-hydrogen) atoms. The fourth-order valence-corrected chi connectivity index (χ4v) is 10.1. The highest BCUT2D eigenvalue weighted by atomic mass is 32.1. The minimum atomic E-state index is 0.910. The highest BCUT2D eigenvalue weighted by Crippen LogP contribution is 2.46. The molecule has 0 amide bonds. The molecular formula is C54H33NOS. The van der Waals surface area contributed by atoms with Gasteiger partial charge in [-0.1, -0.05) is 133 Å². The second-order valence-electron chi connectivity index (χ2n) is 14.8. The molecular weight excluding hydrogens is 711 g/mol. The molecule has 266 valence electrons. The van der Waals surface area contributed by atoms with Gasteiger partial charge in [0.15, 0.2) is 0 Å². The number of benzene rings is 10. The van der Waals surface area contributed by atoms with Crippen LogP contribution >= 0.6 is 11.3 Å². The Morgan fingerprint density at radius 1 is 0.351 bits per heavy atom. The fraction of sp³-hybridized carbons (Fsp3) is 0. The number of para-hydroxylation sites is 1. The number of furan rings is 1. The van der Waals surface area contributed by atoms with E-state index in [4.69, 9.17) is 4.42 Å². The zero-order valence-corrected chi connectivity index (χ0v) is 31.6. The summed E-state index contributed by atoms with van der Waals surface area (Å²) in [6, 6.07) is 72.9. The molecule has 2 heterocycles. The summed E-state index contributed by atoms with van der Waals surface area (Å²) >= 11 is 1.85. The fourth-order valence-electron chi connectivity index (χ4n) is 9.01. The first-order chi connectivity index (χ1) is 28.2. The van der Waals surface area contributed by atoms with Gasteiger partial charge in [-0.3, -0.25) is 0 Å². The average molecular weight is 744 g/mol. The molecule has 2 aromatic heterocycles. The molecule has 0 aliphatic heterocycles. The second kappa shape index (κ2) is 12.7. The Morgan fingerprint density at radius 2 is 1.05 bits per heavy atom. The Kier molecular flexibility index (Phi) is 7.13. The van der Waals surface area contributed by atoms with E-state index in [2.05, 4.69) is 193 Å². The molecule has 0 aliphatic carbocycles. The summed E-state index contributed by atoms with van der Waals surface area (Å²) in [6.07, 6.45) is 0. The minimum absolute atomic E-state index is 0.910. The van der Waals surface area contributed by atoms with E-state index in [0.717, 1.165) is 44.6 Å². The normalized spacial score (nSPS) is 11.9. The lowest BCUT2D eigenvalue weighted by Gasteiger charge is -2.27. The maximum Gasteiger partial charge on any atom is 0.136 e. The summed E-state index contributed by atoms with van der Waals surface area (Å²) in [6.45, 7) is 0. The summed E-state index contributed by atoms with van der Waals surface area (Å²) in [5.74, 6) is 0. The third-order valence-electron chi connectivity index (χ3n) is 11.6. The molecule has 3 heteroatoms. The number of rotatable bonds is 5. The van der Waals surface area contributed by atoms with Gasteiger partial charge in [0.2, 0.25) is 0 Å². The summed E-state index contributed by atoms with van der Waals surface area (Å²) in [5.41, 5.74) is 10.0. The van der Waals surface area contributed by atoms with Gasteiger partial charge in [-0.15, -0.1) is 11.3 Å². The zero-order chi connectivity index (χ0) is 37.5. The largest absolute Gasteiger partial charge is 0.456 e. The molecule has 0 aliphatic rings. The molecule has 10 aromatic carbocycles. The van der Waals surface area contributed by atoms with Gasteiger partial charge < -0.3 is 9.32 Å². The van der Waals surface area contributed by atoms with Gasteiger partial charge in [-0.25, -0.2) is 0 Å². The lowest BCUT2D eigenvalue weighted by atomic mass is 9.93. The molecule has 0 saturated carbocycles. The molecule has 0 fully saturated rings. The van der Waals surface area contributed by atoms with Crippen molar-refractivity contribution in [2.75, 3.05) is 4.90 Å². The SMILES string of the molecule is c1ccc(-c2cc3cc(N(c4ccc5sc6cccc(-c7ccc8c(c7)oc7ccccc78)c6c5c4)c4cccc5ccccc45)ccc3c3ccccc23)cc1. The van der Waals surface area contributed by atoms with Crippen molar-refractivity contribution >= 4 is 103 Å². The average Bonchev–Trinajstić information content (AvgIpc) is 3.84. The van der Waals surface area contributed by atoms with Gasteiger partial charge >= 0.3 is 0 Å². The minimum Gasteiger partial charge on any atom is -0.456 e. The van der Waals surface area contributed by atoms with Crippen molar-refractivity contribution in [3.05, 3.63) is 200 Å². The molecule has 0 bridgehead atoms. The molecule has 0 spiro atoms. The summed E-state index contributed by atoms with van der Waals surface area (Å²) in [5, 5.41) is 12.2. The van der Waals surface area contributed by atoms with Crippen LogP contribution in [0.2, 0.25) is 0 Å². The van der Waals surface area contributed by atoms with E-state index in [0.29, 0.717) is 0 Å². The van der Waals surface area contributed by atoms with Crippen LogP contribution in [0.4, 0.5) is 17.1 Å². The van der Waals surface area contributed by atoms with Gasteiger partial charge in [-0.2, -0.15) is 0 Å². The number of fused-ring (bicyclic) bond motifs is 10. The third-order valence-corrected chi connectivity index (χ3v) is 12.8. The smallest absolute Gasteiger partial charge is 0.136 e. The standard InChI is InChI=1S/C54H33NOS/c1-2-12-35(13-3-1)47-31-37-30-38(25-28-40(37)43-17-6-7-18-44(43)47)55(49-21-10-15-34-14-4-5-16-41(34)49)39-26-29-52-48(33-39)54-42(20-11-23-53(54)57-52)36-24-27-46-45-19-8-9-22-50(45)56-51(46)32-36/h1-33H. The van der Waals surface area contributed by atoms with Crippen molar-refractivity contribution < 1.29 is 4.42 Å². The molecule has 12 rings (SSSR count). The van der Waals surface area contributed by atoms with E-state index in [-0.39, 0.29) is 0 Å². The van der Waals surface area contributed by atoms with Crippen molar-refractivity contribution in [2.45, 2.75) is 0 Å². The number of hydrogen-bond donors (Lipinski definition) is 0. The van der Waals surface area contributed by atoms with Crippen LogP contribution < -0.4 is 4.90 Å². The van der Waals surface area contributed by atoms with E-state index < -0.39 is 0 Å². The predicted octanol–water partition coefficient (Wildman–Crippen LogP) is 16.2. The summed E-state index contributed by atoms with van der Waals surface area (Å²) in [4.78, 5) is 2.45. The quantitative estimate of drug-likeness (QED) is 0.163.